The largest absolute Gasteiger partial charge is 0.478 e. The summed E-state index contributed by atoms with van der Waals surface area (Å²) in [7, 11) is -3.92. The highest BCUT2D eigenvalue weighted by Crippen LogP contribution is 2.27. The van der Waals surface area contributed by atoms with Crippen molar-refractivity contribution in [3.63, 3.8) is 0 Å². The van der Waals surface area contributed by atoms with Crippen molar-refractivity contribution in [2.45, 2.75) is 36.8 Å². The normalized spacial score (nSPS) is 18.0. The summed E-state index contributed by atoms with van der Waals surface area (Å²) in [5.74, 6) is -1.18. The van der Waals surface area contributed by atoms with Crippen LogP contribution in [0.5, 0.6) is 0 Å². The Balaban J connectivity index is 1.88. The molecule has 8 heteroatoms. The first-order chi connectivity index (χ1) is 13.4. The van der Waals surface area contributed by atoms with E-state index >= 15 is 0 Å². The summed E-state index contributed by atoms with van der Waals surface area (Å²) in [5, 5.41) is 12.5. The SMILES string of the molecule is C[C@@H](Nc1ccc(C(=O)O)cc1S(=O)(=O)NC[C@H]1CCCO1)c1ccccc1. The second-order valence-corrected chi connectivity index (χ2v) is 8.52. The van der Waals surface area contributed by atoms with E-state index in [1.54, 1.807) is 0 Å². The topological polar surface area (TPSA) is 105 Å². The maximum absolute atomic E-state index is 12.9. The highest BCUT2D eigenvalue weighted by Gasteiger charge is 2.24. The molecule has 1 saturated heterocycles. The number of aromatic carboxylic acids is 1. The average Bonchev–Trinajstić information content (AvgIpc) is 3.21. The lowest BCUT2D eigenvalue weighted by Crippen LogP contribution is -2.32. The zero-order valence-corrected chi connectivity index (χ0v) is 16.4. The van der Waals surface area contributed by atoms with Crippen LogP contribution in [0.1, 0.15) is 41.7 Å². The minimum atomic E-state index is -3.92. The lowest BCUT2D eigenvalue weighted by Gasteiger charge is -2.20. The van der Waals surface area contributed by atoms with Crippen LogP contribution < -0.4 is 10.0 Å². The number of rotatable bonds is 8. The number of carbonyl (C=O) groups is 1. The second kappa shape index (κ2) is 8.72. The molecule has 0 aliphatic carbocycles. The first-order valence-electron chi connectivity index (χ1n) is 9.17. The summed E-state index contributed by atoms with van der Waals surface area (Å²) in [6.07, 6.45) is 1.55. The van der Waals surface area contributed by atoms with Crippen LogP contribution in [-0.4, -0.2) is 38.7 Å². The molecule has 2 aromatic carbocycles. The number of ether oxygens (including phenoxy) is 1. The van der Waals surface area contributed by atoms with Crippen LogP contribution in [0.15, 0.2) is 53.4 Å². The Bertz CT molecular complexity index is 925. The van der Waals surface area contributed by atoms with Gasteiger partial charge >= 0.3 is 5.97 Å². The van der Waals surface area contributed by atoms with Crippen molar-refractivity contribution in [2.24, 2.45) is 0 Å². The summed E-state index contributed by atoms with van der Waals surface area (Å²) in [5.41, 5.74) is 1.25. The third-order valence-electron chi connectivity index (χ3n) is 4.71. The van der Waals surface area contributed by atoms with Crippen LogP contribution in [0.3, 0.4) is 0 Å². The molecular formula is C20H24N2O5S. The van der Waals surface area contributed by atoms with E-state index in [-0.39, 0.29) is 29.1 Å². The molecule has 0 aromatic heterocycles. The number of hydrogen-bond acceptors (Lipinski definition) is 5. The first-order valence-corrected chi connectivity index (χ1v) is 10.7. The van der Waals surface area contributed by atoms with E-state index in [1.807, 2.05) is 37.3 Å². The molecule has 2 atom stereocenters. The molecule has 0 amide bonds. The predicted octanol–water partition coefficient (Wildman–Crippen LogP) is 3.02. The Hall–Kier alpha value is -2.42. The van der Waals surface area contributed by atoms with E-state index < -0.39 is 16.0 Å². The summed E-state index contributed by atoms with van der Waals surface area (Å²) in [6.45, 7) is 2.70. The minimum absolute atomic E-state index is 0.0876. The Morgan fingerprint density at radius 3 is 2.64 bits per heavy atom. The molecule has 0 spiro atoms. The molecule has 7 nitrogen and oxygen atoms in total. The molecule has 0 bridgehead atoms. The van der Waals surface area contributed by atoms with Gasteiger partial charge in [-0.15, -0.1) is 0 Å². The van der Waals surface area contributed by atoms with Gasteiger partial charge in [-0.25, -0.2) is 17.9 Å². The van der Waals surface area contributed by atoms with E-state index in [9.17, 15) is 18.3 Å². The van der Waals surface area contributed by atoms with Crippen molar-refractivity contribution in [3.05, 3.63) is 59.7 Å². The van der Waals surface area contributed by atoms with Crippen LogP contribution in [0.25, 0.3) is 0 Å². The third kappa shape index (κ3) is 4.89. The van der Waals surface area contributed by atoms with Gasteiger partial charge in [-0.1, -0.05) is 30.3 Å². The minimum Gasteiger partial charge on any atom is -0.478 e. The highest BCUT2D eigenvalue weighted by molar-refractivity contribution is 7.89. The smallest absolute Gasteiger partial charge is 0.335 e. The number of sulfonamides is 1. The van der Waals surface area contributed by atoms with Gasteiger partial charge in [0.2, 0.25) is 10.0 Å². The van der Waals surface area contributed by atoms with Gasteiger partial charge in [0.05, 0.1) is 17.4 Å². The lowest BCUT2D eigenvalue weighted by atomic mass is 10.1. The molecule has 3 N–H and O–H groups in total. The van der Waals surface area contributed by atoms with Crippen molar-refractivity contribution in [1.29, 1.82) is 0 Å². The van der Waals surface area contributed by atoms with Crippen molar-refractivity contribution in [3.8, 4) is 0 Å². The van der Waals surface area contributed by atoms with Gasteiger partial charge in [0, 0.05) is 19.2 Å². The molecular weight excluding hydrogens is 380 g/mol. The molecule has 2 aromatic rings. The Labute approximate surface area is 164 Å². The molecule has 1 aliphatic heterocycles. The van der Waals surface area contributed by atoms with Gasteiger partial charge in [0.15, 0.2) is 0 Å². The molecule has 0 unspecified atom stereocenters. The number of benzene rings is 2. The van der Waals surface area contributed by atoms with E-state index in [0.29, 0.717) is 12.3 Å². The van der Waals surface area contributed by atoms with Gasteiger partial charge in [0.1, 0.15) is 4.90 Å². The van der Waals surface area contributed by atoms with E-state index in [2.05, 4.69) is 10.0 Å². The Morgan fingerprint density at radius 2 is 2.00 bits per heavy atom. The fraction of sp³-hybridized carbons (Fsp3) is 0.350. The van der Waals surface area contributed by atoms with Crippen molar-refractivity contribution in [1.82, 2.24) is 4.72 Å². The van der Waals surface area contributed by atoms with Crippen LogP contribution in [0.2, 0.25) is 0 Å². The fourth-order valence-corrected chi connectivity index (χ4v) is 4.40. The van der Waals surface area contributed by atoms with Crippen LogP contribution in [-0.2, 0) is 14.8 Å². The van der Waals surface area contributed by atoms with Crippen molar-refractivity contribution >= 4 is 21.7 Å². The maximum atomic E-state index is 12.9. The Kier molecular flexibility index (Phi) is 6.33. The zero-order chi connectivity index (χ0) is 20.1. The van der Waals surface area contributed by atoms with Crippen molar-refractivity contribution in [2.75, 3.05) is 18.5 Å². The summed E-state index contributed by atoms with van der Waals surface area (Å²) < 4.78 is 33.8. The maximum Gasteiger partial charge on any atom is 0.335 e. The quantitative estimate of drug-likeness (QED) is 0.625. The Morgan fingerprint density at radius 1 is 1.25 bits per heavy atom. The monoisotopic (exact) mass is 404 g/mol. The van der Waals surface area contributed by atoms with E-state index in [0.717, 1.165) is 18.4 Å². The molecule has 0 saturated carbocycles. The highest BCUT2D eigenvalue weighted by atomic mass is 32.2. The molecule has 28 heavy (non-hydrogen) atoms. The molecule has 1 aliphatic rings. The van der Waals surface area contributed by atoms with Gasteiger partial charge < -0.3 is 15.2 Å². The fourth-order valence-electron chi connectivity index (χ4n) is 3.14. The van der Waals surface area contributed by atoms with Gasteiger partial charge in [-0.05, 0) is 43.5 Å². The lowest BCUT2D eigenvalue weighted by molar-refractivity contribution is 0.0696. The predicted molar refractivity (Wildman–Crippen MR) is 106 cm³/mol. The summed E-state index contributed by atoms with van der Waals surface area (Å²) in [4.78, 5) is 11.3. The molecule has 150 valence electrons. The standard InChI is InChI=1S/C20H24N2O5S/c1-14(15-6-3-2-4-7-15)22-18-10-9-16(20(23)24)12-19(18)28(25,26)21-13-17-8-5-11-27-17/h2-4,6-7,9-10,12,14,17,21-22H,5,8,11,13H2,1H3,(H,23,24)/t14-,17-/m1/s1. The molecule has 1 heterocycles. The van der Waals surface area contributed by atoms with E-state index in [1.165, 1.54) is 18.2 Å². The van der Waals surface area contributed by atoms with Crippen LogP contribution in [0, 0.1) is 0 Å². The zero-order valence-electron chi connectivity index (χ0n) is 15.6. The first kappa shape index (κ1) is 20.3. The van der Waals surface area contributed by atoms with Crippen LogP contribution in [0.4, 0.5) is 5.69 Å². The molecule has 3 rings (SSSR count). The number of carboxylic acids is 1. The molecule has 1 fully saturated rings. The van der Waals surface area contributed by atoms with Crippen LogP contribution >= 0.6 is 0 Å². The average molecular weight is 404 g/mol. The van der Waals surface area contributed by atoms with Gasteiger partial charge in [-0.2, -0.15) is 0 Å². The summed E-state index contributed by atoms with van der Waals surface area (Å²) in [6, 6.07) is 13.5. The molecule has 0 radical (unpaired) electrons. The number of hydrogen-bond donors (Lipinski definition) is 3. The number of nitrogens with one attached hydrogen (secondary N) is 2. The number of anilines is 1. The number of carboxylic acid groups (broad SMARTS) is 1. The summed E-state index contributed by atoms with van der Waals surface area (Å²) >= 11 is 0. The van der Waals surface area contributed by atoms with E-state index in [4.69, 9.17) is 4.74 Å². The van der Waals surface area contributed by atoms with Gasteiger partial charge in [-0.3, -0.25) is 0 Å². The second-order valence-electron chi connectivity index (χ2n) is 6.78. The van der Waals surface area contributed by atoms with Crippen molar-refractivity contribution < 1.29 is 23.1 Å². The third-order valence-corrected chi connectivity index (χ3v) is 6.18. The van der Waals surface area contributed by atoms with Gasteiger partial charge in [0.25, 0.3) is 0 Å².